The Labute approximate surface area is 258 Å². The van der Waals surface area contributed by atoms with E-state index in [0.717, 1.165) is 65.7 Å². The lowest BCUT2D eigenvalue weighted by molar-refractivity contribution is 0.623. The van der Waals surface area contributed by atoms with Gasteiger partial charge in [-0.2, -0.15) is 0 Å². The van der Waals surface area contributed by atoms with Gasteiger partial charge in [0.05, 0.1) is 0 Å². The lowest BCUT2D eigenvalue weighted by atomic mass is 9.93. The molecule has 2 heterocycles. The largest absolute Gasteiger partial charge is 0.435 e. The van der Waals surface area contributed by atoms with Crippen molar-refractivity contribution in [3.05, 3.63) is 146 Å². The highest BCUT2D eigenvalue weighted by atomic mass is 16.3. The van der Waals surface area contributed by atoms with Crippen molar-refractivity contribution in [2.45, 2.75) is 0 Å². The van der Waals surface area contributed by atoms with Crippen LogP contribution in [0.3, 0.4) is 0 Å². The summed E-state index contributed by atoms with van der Waals surface area (Å²) in [6.45, 7) is 0. The monoisotopic (exact) mass is 576 g/mol. The molecule has 0 unspecified atom stereocenters. The topological polar surface area (TPSA) is 64.7 Å². The molecule has 0 N–H and O–H groups in total. The highest BCUT2D eigenvalue weighted by molar-refractivity contribution is 6.27. The van der Waals surface area contributed by atoms with Gasteiger partial charge in [0.1, 0.15) is 5.52 Å². The summed E-state index contributed by atoms with van der Waals surface area (Å²) < 4.78 is 6.52. The summed E-state index contributed by atoms with van der Waals surface area (Å²) in [7, 11) is 0. The fraction of sp³-hybridized carbons (Fsp3) is 0. The SMILES string of the molecule is c1ccc(-c2nc(-c3ccccc3)nc(-c3cccc4c3ccc3ccc5ccc6nc(-c7ccccc7)oc6c5c34)n2)cc1. The first-order valence-electron chi connectivity index (χ1n) is 14.9. The molecular formula is C40H24N4O. The molecule has 5 nitrogen and oxygen atoms in total. The summed E-state index contributed by atoms with van der Waals surface area (Å²) in [6.07, 6.45) is 0. The van der Waals surface area contributed by atoms with Crippen molar-refractivity contribution >= 4 is 43.4 Å². The number of benzene rings is 7. The third kappa shape index (κ3) is 4.25. The van der Waals surface area contributed by atoms with Gasteiger partial charge in [0.15, 0.2) is 23.1 Å². The molecule has 210 valence electrons. The highest BCUT2D eigenvalue weighted by Crippen LogP contribution is 2.40. The zero-order chi connectivity index (χ0) is 29.7. The quantitative estimate of drug-likeness (QED) is 0.195. The molecule has 7 aromatic carbocycles. The van der Waals surface area contributed by atoms with Crippen LogP contribution in [0.25, 0.3) is 89.0 Å². The maximum Gasteiger partial charge on any atom is 0.227 e. The van der Waals surface area contributed by atoms with Crippen molar-refractivity contribution < 1.29 is 4.42 Å². The molecule has 0 amide bonds. The fourth-order valence-corrected chi connectivity index (χ4v) is 6.20. The minimum absolute atomic E-state index is 0.614. The van der Waals surface area contributed by atoms with E-state index >= 15 is 0 Å². The summed E-state index contributed by atoms with van der Waals surface area (Å²) in [5.74, 6) is 2.52. The third-order valence-corrected chi connectivity index (χ3v) is 8.34. The first kappa shape index (κ1) is 25.3. The zero-order valence-electron chi connectivity index (χ0n) is 24.1. The Bertz CT molecular complexity index is 2470. The van der Waals surface area contributed by atoms with Gasteiger partial charge in [0, 0.05) is 33.0 Å². The number of fused-ring (bicyclic) bond motifs is 7. The number of aromatic nitrogens is 4. The third-order valence-electron chi connectivity index (χ3n) is 8.34. The molecule has 45 heavy (non-hydrogen) atoms. The predicted molar refractivity (Wildman–Crippen MR) is 182 cm³/mol. The van der Waals surface area contributed by atoms with E-state index in [1.807, 2.05) is 97.1 Å². The van der Waals surface area contributed by atoms with E-state index in [1.54, 1.807) is 0 Å². The molecule has 9 aromatic rings. The Balaban J connectivity index is 1.32. The van der Waals surface area contributed by atoms with Crippen molar-refractivity contribution in [2.75, 3.05) is 0 Å². The molecule has 0 spiro atoms. The van der Waals surface area contributed by atoms with Crippen LogP contribution in [0.2, 0.25) is 0 Å². The van der Waals surface area contributed by atoms with E-state index in [4.69, 9.17) is 24.4 Å². The smallest absolute Gasteiger partial charge is 0.227 e. The van der Waals surface area contributed by atoms with Crippen LogP contribution in [0.1, 0.15) is 0 Å². The Morgan fingerprint density at radius 1 is 0.378 bits per heavy atom. The van der Waals surface area contributed by atoms with Crippen LogP contribution >= 0.6 is 0 Å². The summed E-state index contributed by atoms with van der Waals surface area (Å²) in [6, 6.07) is 49.4. The van der Waals surface area contributed by atoms with Gasteiger partial charge >= 0.3 is 0 Å². The molecule has 0 saturated carbocycles. The fourth-order valence-electron chi connectivity index (χ4n) is 6.20. The first-order valence-corrected chi connectivity index (χ1v) is 14.9. The van der Waals surface area contributed by atoms with Crippen LogP contribution in [0.15, 0.2) is 150 Å². The number of rotatable bonds is 4. The van der Waals surface area contributed by atoms with E-state index in [-0.39, 0.29) is 0 Å². The minimum atomic E-state index is 0.614. The number of hydrogen-bond acceptors (Lipinski definition) is 5. The summed E-state index contributed by atoms with van der Waals surface area (Å²) >= 11 is 0. The van der Waals surface area contributed by atoms with Gasteiger partial charge < -0.3 is 4.42 Å². The summed E-state index contributed by atoms with van der Waals surface area (Å²) in [5.41, 5.74) is 5.39. The van der Waals surface area contributed by atoms with Gasteiger partial charge in [-0.1, -0.05) is 127 Å². The van der Waals surface area contributed by atoms with Gasteiger partial charge in [-0.05, 0) is 39.7 Å². The van der Waals surface area contributed by atoms with Crippen LogP contribution < -0.4 is 0 Å². The van der Waals surface area contributed by atoms with Crippen molar-refractivity contribution in [3.63, 3.8) is 0 Å². The Morgan fingerprint density at radius 2 is 0.933 bits per heavy atom. The second-order valence-corrected chi connectivity index (χ2v) is 11.1. The molecule has 0 aliphatic rings. The van der Waals surface area contributed by atoms with Gasteiger partial charge in [-0.3, -0.25) is 0 Å². The number of hydrogen-bond donors (Lipinski definition) is 0. The molecule has 0 radical (unpaired) electrons. The first-order chi connectivity index (χ1) is 22.3. The lowest BCUT2D eigenvalue weighted by Crippen LogP contribution is -2.00. The molecule has 0 fully saturated rings. The molecule has 9 rings (SSSR count). The second kappa shape index (κ2) is 10.2. The average Bonchev–Trinajstić information content (AvgIpc) is 3.57. The summed E-state index contributed by atoms with van der Waals surface area (Å²) in [4.78, 5) is 19.8. The molecule has 0 saturated heterocycles. The molecule has 5 heteroatoms. The normalized spacial score (nSPS) is 11.6. The van der Waals surface area contributed by atoms with E-state index in [9.17, 15) is 0 Å². The van der Waals surface area contributed by atoms with E-state index in [1.165, 1.54) is 0 Å². The zero-order valence-corrected chi connectivity index (χ0v) is 24.1. The van der Waals surface area contributed by atoms with E-state index < -0.39 is 0 Å². The van der Waals surface area contributed by atoms with E-state index in [0.29, 0.717) is 23.4 Å². The molecule has 0 aliphatic carbocycles. The summed E-state index contributed by atoms with van der Waals surface area (Å²) in [5, 5.41) is 6.55. The van der Waals surface area contributed by atoms with Gasteiger partial charge in [-0.25, -0.2) is 19.9 Å². The van der Waals surface area contributed by atoms with Gasteiger partial charge in [0.2, 0.25) is 5.89 Å². The molecule has 0 bridgehead atoms. The Hall–Kier alpha value is -6.20. The minimum Gasteiger partial charge on any atom is -0.435 e. The van der Waals surface area contributed by atoms with Gasteiger partial charge in [-0.15, -0.1) is 0 Å². The maximum atomic E-state index is 6.52. The Morgan fingerprint density at radius 3 is 1.60 bits per heavy atom. The predicted octanol–water partition coefficient (Wildman–Crippen LogP) is 10.1. The van der Waals surface area contributed by atoms with Crippen LogP contribution in [-0.4, -0.2) is 19.9 Å². The van der Waals surface area contributed by atoms with Crippen LogP contribution in [0, 0.1) is 0 Å². The molecular weight excluding hydrogens is 552 g/mol. The van der Waals surface area contributed by atoms with Crippen molar-refractivity contribution in [2.24, 2.45) is 0 Å². The maximum absolute atomic E-state index is 6.52. The number of oxazole rings is 1. The molecule has 2 aromatic heterocycles. The standard InChI is InChI=1S/C40H24N4O/c1-4-11-27(12-5-1)37-42-38(28-13-6-2-7-14-28)44-39(43-37)32-18-10-17-31-30(32)23-21-25-19-20-26-22-24-33-36(35(26)34(25)31)45-40(41-33)29-15-8-3-9-16-29/h1-24H. The van der Waals surface area contributed by atoms with Crippen molar-refractivity contribution in [1.29, 1.82) is 0 Å². The highest BCUT2D eigenvalue weighted by Gasteiger charge is 2.18. The molecule has 0 atom stereocenters. The Kier molecular flexibility index (Phi) is 5.74. The van der Waals surface area contributed by atoms with Crippen LogP contribution in [-0.2, 0) is 0 Å². The lowest BCUT2D eigenvalue weighted by Gasteiger charge is -2.13. The molecule has 0 aliphatic heterocycles. The van der Waals surface area contributed by atoms with Gasteiger partial charge in [0.25, 0.3) is 0 Å². The number of nitrogens with zero attached hydrogens (tertiary/aromatic N) is 4. The average molecular weight is 577 g/mol. The van der Waals surface area contributed by atoms with E-state index in [2.05, 4.69) is 48.5 Å². The second-order valence-electron chi connectivity index (χ2n) is 11.1. The van der Waals surface area contributed by atoms with Crippen molar-refractivity contribution in [3.8, 4) is 45.6 Å². The van der Waals surface area contributed by atoms with Crippen LogP contribution in [0.5, 0.6) is 0 Å². The van der Waals surface area contributed by atoms with Crippen molar-refractivity contribution in [1.82, 2.24) is 19.9 Å². The van der Waals surface area contributed by atoms with Crippen LogP contribution in [0.4, 0.5) is 0 Å².